The number of alkyl halides is 3. The first-order valence-corrected chi connectivity index (χ1v) is 6.02. The molecule has 0 saturated heterocycles. The van der Waals surface area contributed by atoms with Gasteiger partial charge in [0.25, 0.3) is 5.56 Å². The van der Waals surface area contributed by atoms with Crippen LogP contribution >= 0.6 is 0 Å². The van der Waals surface area contributed by atoms with Crippen LogP contribution in [0.4, 0.5) is 13.2 Å². The standard InChI is InChI=1S/C13H7F3N4O2/c14-13(15,16)8-5-10-7(11(21)19-12(22)18-10)4-6(8)9-2-1-3-17-20-9/h1-5H,(H2,18,19,21,22). The van der Waals surface area contributed by atoms with Gasteiger partial charge in [0.1, 0.15) is 0 Å². The highest BCUT2D eigenvalue weighted by Gasteiger charge is 2.34. The van der Waals surface area contributed by atoms with Gasteiger partial charge < -0.3 is 4.98 Å². The van der Waals surface area contributed by atoms with Gasteiger partial charge >= 0.3 is 11.9 Å². The molecule has 0 bridgehead atoms. The average molecular weight is 308 g/mol. The van der Waals surface area contributed by atoms with E-state index in [-0.39, 0.29) is 22.2 Å². The normalized spacial score (nSPS) is 11.8. The monoisotopic (exact) mass is 308 g/mol. The molecule has 3 aromatic rings. The second-order valence-electron chi connectivity index (χ2n) is 4.46. The Balaban J connectivity index is 2.44. The van der Waals surface area contributed by atoms with Crippen LogP contribution in [0.25, 0.3) is 22.2 Å². The number of hydrogen-bond donors (Lipinski definition) is 2. The Labute approximate surface area is 119 Å². The lowest BCUT2D eigenvalue weighted by Crippen LogP contribution is -2.22. The van der Waals surface area contributed by atoms with Crippen molar-refractivity contribution < 1.29 is 13.2 Å². The zero-order chi connectivity index (χ0) is 15.9. The van der Waals surface area contributed by atoms with Crippen LogP contribution < -0.4 is 11.2 Å². The van der Waals surface area contributed by atoms with E-state index in [1.807, 2.05) is 4.98 Å². The van der Waals surface area contributed by atoms with Crippen LogP contribution in [0.1, 0.15) is 5.56 Å². The fourth-order valence-corrected chi connectivity index (χ4v) is 2.11. The number of fused-ring (bicyclic) bond motifs is 1. The van der Waals surface area contributed by atoms with E-state index < -0.39 is 23.0 Å². The number of nitrogens with zero attached hydrogens (tertiary/aromatic N) is 2. The Morgan fingerprint density at radius 3 is 2.50 bits per heavy atom. The van der Waals surface area contributed by atoms with Crippen LogP contribution in [0.2, 0.25) is 0 Å². The SMILES string of the molecule is O=c1[nH]c(=O)c2cc(-c3cccnn3)c(C(F)(F)F)cc2[nH]1. The molecule has 0 unspecified atom stereocenters. The molecule has 2 N–H and O–H groups in total. The number of aromatic amines is 2. The second-order valence-corrected chi connectivity index (χ2v) is 4.46. The average Bonchev–Trinajstić information content (AvgIpc) is 2.46. The molecular weight excluding hydrogens is 301 g/mol. The van der Waals surface area contributed by atoms with Crippen molar-refractivity contribution in [3.63, 3.8) is 0 Å². The number of aromatic nitrogens is 4. The smallest absolute Gasteiger partial charge is 0.307 e. The molecule has 22 heavy (non-hydrogen) atoms. The number of hydrogen-bond acceptors (Lipinski definition) is 4. The lowest BCUT2D eigenvalue weighted by Gasteiger charge is -2.13. The van der Waals surface area contributed by atoms with E-state index in [9.17, 15) is 22.8 Å². The number of H-pyrrole nitrogens is 2. The van der Waals surface area contributed by atoms with E-state index in [4.69, 9.17) is 0 Å². The largest absolute Gasteiger partial charge is 0.417 e. The molecule has 0 spiro atoms. The topological polar surface area (TPSA) is 91.5 Å². The molecule has 0 saturated carbocycles. The van der Waals surface area contributed by atoms with Gasteiger partial charge in [-0.25, -0.2) is 4.79 Å². The van der Waals surface area contributed by atoms with Crippen LogP contribution in [0.3, 0.4) is 0 Å². The second kappa shape index (κ2) is 4.79. The van der Waals surface area contributed by atoms with Gasteiger partial charge in [0.05, 0.1) is 22.2 Å². The first-order valence-electron chi connectivity index (χ1n) is 6.02. The zero-order valence-electron chi connectivity index (χ0n) is 10.7. The minimum Gasteiger partial charge on any atom is -0.307 e. The van der Waals surface area contributed by atoms with Crippen molar-refractivity contribution in [2.75, 3.05) is 0 Å². The van der Waals surface area contributed by atoms with Gasteiger partial charge in [-0.2, -0.15) is 23.4 Å². The molecule has 112 valence electrons. The van der Waals surface area contributed by atoms with Crippen LogP contribution in [0.5, 0.6) is 0 Å². The number of rotatable bonds is 1. The van der Waals surface area contributed by atoms with E-state index in [1.165, 1.54) is 18.3 Å². The van der Waals surface area contributed by atoms with Gasteiger partial charge in [0, 0.05) is 11.8 Å². The Bertz CT molecular complexity index is 961. The molecule has 0 aliphatic rings. The van der Waals surface area contributed by atoms with Crippen LogP contribution in [0.15, 0.2) is 40.1 Å². The van der Waals surface area contributed by atoms with E-state index in [0.717, 1.165) is 12.1 Å². The van der Waals surface area contributed by atoms with Gasteiger partial charge in [-0.15, -0.1) is 0 Å². The fourth-order valence-electron chi connectivity index (χ4n) is 2.11. The Hall–Kier alpha value is -2.97. The highest BCUT2D eigenvalue weighted by Crippen LogP contribution is 2.37. The van der Waals surface area contributed by atoms with Crippen molar-refractivity contribution in [2.24, 2.45) is 0 Å². The highest BCUT2D eigenvalue weighted by atomic mass is 19.4. The summed E-state index contributed by atoms with van der Waals surface area (Å²) in [6.45, 7) is 0. The molecule has 9 heteroatoms. The van der Waals surface area contributed by atoms with Gasteiger partial charge in [0.2, 0.25) is 0 Å². The Morgan fingerprint density at radius 1 is 1.09 bits per heavy atom. The summed E-state index contributed by atoms with van der Waals surface area (Å²) in [4.78, 5) is 27.1. The van der Waals surface area contributed by atoms with Crippen molar-refractivity contribution >= 4 is 10.9 Å². The summed E-state index contributed by atoms with van der Waals surface area (Å²) >= 11 is 0. The van der Waals surface area contributed by atoms with Gasteiger partial charge in [-0.05, 0) is 24.3 Å². The zero-order valence-corrected chi connectivity index (χ0v) is 10.7. The lowest BCUT2D eigenvalue weighted by molar-refractivity contribution is -0.137. The highest BCUT2D eigenvalue weighted by molar-refractivity contribution is 5.85. The first-order chi connectivity index (χ1) is 10.4. The third-order valence-corrected chi connectivity index (χ3v) is 3.03. The summed E-state index contributed by atoms with van der Waals surface area (Å²) in [6.07, 6.45) is -3.36. The van der Waals surface area contributed by atoms with E-state index in [2.05, 4.69) is 15.2 Å². The summed E-state index contributed by atoms with van der Waals surface area (Å²) in [6, 6.07) is 4.54. The molecule has 0 atom stereocenters. The van der Waals surface area contributed by atoms with E-state index in [0.29, 0.717) is 0 Å². The molecule has 0 fully saturated rings. The molecule has 6 nitrogen and oxygen atoms in total. The predicted octanol–water partition coefficient (Wildman–Crippen LogP) is 1.69. The predicted molar refractivity (Wildman–Crippen MR) is 71.2 cm³/mol. The maximum atomic E-state index is 13.2. The summed E-state index contributed by atoms with van der Waals surface area (Å²) in [5.74, 6) is 0. The fraction of sp³-hybridized carbons (Fsp3) is 0.0769. The van der Waals surface area contributed by atoms with Crippen molar-refractivity contribution in [3.8, 4) is 11.3 Å². The Morgan fingerprint density at radius 2 is 1.86 bits per heavy atom. The molecular formula is C13H7F3N4O2. The summed E-state index contributed by atoms with van der Waals surface area (Å²) in [7, 11) is 0. The number of nitrogens with one attached hydrogen (secondary N) is 2. The summed E-state index contributed by atoms with van der Waals surface area (Å²) in [5, 5.41) is 7.11. The molecule has 1 aromatic carbocycles. The lowest BCUT2D eigenvalue weighted by atomic mass is 10.0. The third kappa shape index (κ3) is 2.36. The van der Waals surface area contributed by atoms with Crippen molar-refractivity contribution in [1.29, 1.82) is 0 Å². The van der Waals surface area contributed by atoms with Crippen LogP contribution in [-0.4, -0.2) is 20.2 Å². The molecule has 0 aliphatic carbocycles. The van der Waals surface area contributed by atoms with E-state index in [1.54, 1.807) is 0 Å². The number of halogens is 3. The maximum Gasteiger partial charge on any atom is 0.417 e. The minimum absolute atomic E-state index is 0.0256. The van der Waals surface area contributed by atoms with E-state index >= 15 is 0 Å². The summed E-state index contributed by atoms with van der Waals surface area (Å²) in [5.41, 5.74) is -3.18. The summed E-state index contributed by atoms with van der Waals surface area (Å²) < 4.78 is 39.7. The Kier molecular flexibility index (Phi) is 3.05. The maximum absolute atomic E-state index is 13.2. The first kappa shape index (κ1) is 14.0. The van der Waals surface area contributed by atoms with Gasteiger partial charge in [0.15, 0.2) is 0 Å². The van der Waals surface area contributed by atoms with Crippen molar-refractivity contribution in [2.45, 2.75) is 6.18 Å². The molecule has 2 heterocycles. The molecule has 0 aliphatic heterocycles. The van der Waals surface area contributed by atoms with Crippen LogP contribution in [0, 0.1) is 0 Å². The minimum atomic E-state index is -4.68. The molecule has 0 amide bonds. The quantitative estimate of drug-likeness (QED) is 0.715. The van der Waals surface area contributed by atoms with Crippen molar-refractivity contribution in [1.82, 2.24) is 20.2 Å². The molecule has 0 radical (unpaired) electrons. The third-order valence-electron chi connectivity index (χ3n) is 3.03. The molecule has 3 rings (SSSR count). The number of benzene rings is 1. The molecule has 2 aromatic heterocycles. The van der Waals surface area contributed by atoms with Crippen LogP contribution in [-0.2, 0) is 6.18 Å². The van der Waals surface area contributed by atoms with Crippen molar-refractivity contribution in [3.05, 3.63) is 56.9 Å². The van der Waals surface area contributed by atoms with Gasteiger partial charge in [-0.3, -0.25) is 9.78 Å². The van der Waals surface area contributed by atoms with Gasteiger partial charge in [-0.1, -0.05) is 0 Å².